The first kappa shape index (κ1) is 20.9. The minimum Gasteiger partial charge on any atom is -0.495 e. The van der Waals surface area contributed by atoms with Gasteiger partial charge < -0.3 is 15.4 Å². The minimum atomic E-state index is -3.62. The maximum absolute atomic E-state index is 11.8. The summed E-state index contributed by atoms with van der Waals surface area (Å²) in [6, 6.07) is 4.09. The number of rotatable bonds is 7. The average molecular weight is 416 g/mol. The summed E-state index contributed by atoms with van der Waals surface area (Å²) >= 11 is 17.6. The molecule has 1 atom stereocenters. The SMILES string of the molecule is C=CS(=O)(=O)c1ccc(N[C@H](NC(=O)CC)C(Cl)(Cl)Cl)c(OC)c1. The molecule has 0 heterocycles. The fourth-order valence-corrected chi connectivity index (χ4v) is 2.73. The Balaban J connectivity index is 3.20. The Morgan fingerprint density at radius 1 is 1.42 bits per heavy atom. The molecule has 0 fully saturated rings. The number of sulfone groups is 1. The van der Waals surface area contributed by atoms with E-state index in [-0.39, 0.29) is 23.0 Å². The Kier molecular flexibility index (Phi) is 7.22. The lowest BCUT2D eigenvalue weighted by Gasteiger charge is -2.28. The molecule has 10 heteroatoms. The maximum Gasteiger partial charge on any atom is 0.228 e. The molecule has 0 spiro atoms. The molecule has 0 radical (unpaired) electrons. The van der Waals surface area contributed by atoms with Gasteiger partial charge in [0, 0.05) is 17.9 Å². The molecule has 1 amide bonds. The lowest BCUT2D eigenvalue weighted by molar-refractivity contribution is -0.121. The highest BCUT2D eigenvalue weighted by Crippen LogP contribution is 2.34. The Morgan fingerprint density at radius 3 is 2.50 bits per heavy atom. The second-order valence-electron chi connectivity index (χ2n) is 4.61. The van der Waals surface area contributed by atoms with Gasteiger partial charge in [0.15, 0.2) is 9.84 Å². The van der Waals surface area contributed by atoms with E-state index in [1.165, 1.54) is 25.3 Å². The van der Waals surface area contributed by atoms with E-state index in [2.05, 4.69) is 17.2 Å². The maximum atomic E-state index is 11.8. The smallest absolute Gasteiger partial charge is 0.228 e. The molecule has 1 aromatic rings. The van der Waals surface area contributed by atoms with Gasteiger partial charge in [-0.05, 0) is 12.1 Å². The van der Waals surface area contributed by atoms with Crippen LogP contribution >= 0.6 is 34.8 Å². The van der Waals surface area contributed by atoms with Gasteiger partial charge in [0.05, 0.1) is 17.7 Å². The molecule has 2 N–H and O–H groups in total. The van der Waals surface area contributed by atoms with Crippen LogP contribution in [-0.4, -0.2) is 31.4 Å². The molecule has 0 unspecified atom stereocenters. The summed E-state index contributed by atoms with van der Waals surface area (Å²) in [5.74, 6) is -0.133. The predicted octanol–water partition coefficient (Wildman–Crippen LogP) is 3.25. The summed E-state index contributed by atoms with van der Waals surface area (Å²) < 4.78 is 27.0. The number of methoxy groups -OCH3 is 1. The minimum absolute atomic E-state index is 0.00271. The first-order chi connectivity index (χ1) is 11.0. The largest absolute Gasteiger partial charge is 0.495 e. The Bertz CT molecular complexity index is 717. The summed E-state index contributed by atoms with van der Waals surface area (Å²) in [7, 11) is -2.26. The summed E-state index contributed by atoms with van der Waals surface area (Å²) in [5.41, 5.74) is 0.341. The number of hydrogen-bond acceptors (Lipinski definition) is 5. The van der Waals surface area contributed by atoms with Crippen molar-refractivity contribution in [3.63, 3.8) is 0 Å². The van der Waals surface area contributed by atoms with Gasteiger partial charge >= 0.3 is 0 Å². The zero-order valence-corrected chi connectivity index (χ0v) is 16.1. The van der Waals surface area contributed by atoms with Crippen LogP contribution in [0.1, 0.15) is 13.3 Å². The van der Waals surface area contributed by atoms with Crippen LogP contribution in [0.25, 0.3) is 0 Å². The van der Waals surface area contributed by atoms with E-state index >= 15 is 0 Å². The van der Waals surface area contributed by atoms with E-state index in [0.717, 1.165) is 5.41 Å². The number of hydrogen-bond donors (Lipinski definition) is 2. The number of benzene rings is 1. The zero-order valence-electron chi connectivity index (χ0n) is 13.0. The number of carbonyl (C=O) groups is 1. The van der Waals surface area contributed by atoms with Crippen molar-refractivity contribution in [1.29, 1.82) is 0 Å². The van der Waals surface area contributed by atoms with Crippen LogP contribution in [0.4, 0.5) is 5.69 Å². The third-order valence-electron chi connectivity index (χ3n) is 2.97. The van der Waals surface area contributed by atoms with Gasteiger partial charge in [0.1, 0.15) is 11.9 Å². The van der Waals surface area contributed by atoms with E-state index in [1.807, 2.05) is 0 Å². The van der Waals surface area contributed by atoms with Gasteiger partial charge in [-0.2, -0.15) is 0 Å². The normalized spacial score (nSPS) is 13.0. The van der Waals surface area contributed by atoms with Crippen LogP contribution in [0.3, 0.4) is 0 Å². The number of anilines is 1. The van der Waals surface area contributed by atoms with Crippen LogP contribution in [0.5, 0.6) is 5.75 Å². The van der Waals surface area contributed by atoms with Crippen molar-refractivity contribution in [3.8, 4) is 5.75 Å². The number of halogens is 3. The van der Waals surface area contributed by atoms with Crippen LogP contribution in [0.2, 0.25) is 0 Å². The van der Waals surface area contributed by atoms with E-state index in [0.29, 0.717) is 5.69 Å². The van der Waals surface area contributed by atoms with E-state index in [9.17, 15) is 13.2 Å². The van der Waals surface area contributed by atoms with Crippen molar-refractivity contribution in [3.05, 3.63) is 30.2 Å². The standard InChI is InChI=1S/C14H17Cl3N2O4S/c1-4-12(20)19-13(14(15,16)17)18-10-7-6-9(8-11(10)23-3)24(21,22)5-2/h5-8,13,18H,2,4H2,1,3H3,(H,19,20)/t13-/m1/s1. The van der Waals surface area contributed by atoms with Crippen molar-refractivity contribution in [2.75, 3.05) is 12.4 Å². The fraction of sp³-hybridized carbons (Fsp3) is 0.357. The summed E-state index contributed by atoms with van der Waals surface area (Å²) in [5, 5.41) is 6.19. The van der Waals surface area contributed by atoms with E-state index < -0.39 is 19.8 Å². The molecule has 1 rings (SSSR count). The highest BCUT2D eigenvalue weighted by atomic mass is 35.6. The van der Waals surface area contributed by atoms with Crippen molar-refractivity contribution in [1.82, 2.24) is 5.32 Å². The number of alkyl halides is 3. The van der Waals surface area contributed by atoms with Crippen LogP contribution in [0.15, 0.2) is 35.1 Å². The average Bonchev–Trinajstić information content (AvgIpc) is 2.53. The first-order valence-corrected chi connectivity index (χ1v) is 9.41. The molecule has 0 aliphatic heterocycles. The Labute approximate surface area is 156 Å². The third-order valence-corrected chi connectivity index (χ3v) is 4.98. The molecule has 0 saturated carbocycles. The molecule has 6 nitrogen and oxygen atoms in total. The monoisotopic (exact) mass is 414 g/mol. The second-order valence-corrected chi connectivity index (χ2v) is 8.88. The third kappa shape index (κ3) is 5.44. The first-order valence-electron chi connectivity index (χ1n) is 6.73. The number of carbonyl (C=O) groups excluding carboxylic acids is 1. The lowest BCUT2D eigenvalue weighted by atomic mass is 10.2. The number of nitrogens with one attached hydrogen (secondary N) is 2. The number of amides is 1. The van der Waals surface area contributed by atoms with E-state index in [4.69, 9.17) is 39.5 Å². The Morgan fingerprint density at radius 2 is 2.04 bits per heavy atom. The molecule has 0 aromatic heterocycles. The zero-order chi connectivity index (χ0) is 18.5. The Hall–Kier alpha value is -1.15. The highest BCUT2D eigenvalue weighted by Gasteiger charge is 2.34. The van der Waals surface area contributed by atoms with E-state index in [1.54, 1.807) is 6.92 Å². The van der Waals surface area contributed by atoms with Crippen LogP contribution in [-0.2, 0) is 14.6 Å². The molecule has 0 bridgehead atoms. The van der Waals surface area contributed by atoms with Crippen molar-refractivity contribution < 1.29 is 17.9 Å². The molecule has 0 aliphatic rings. The molecule has 0 aliphatic carbocycles. The quantitative estimate of drug-likeness (QED) is 0.527. The summed E-state index contributed by atoms with van der Waals surface area (Å²) in [4.78, 5) is 11.6. The van der Waals surface area contributed by atoms with Crippen molar-refractivity contribution in [2.24, 2.45) is 0 Å². The topological polar surface area (TPSA) is 84.5 Å². The van der Waals surface area contributed by atoms with Crippen molar-refractivity contribution in [2.45, 2.75) is 28.2 Å². The molecule has 1 aromatic carbocycles. The second kappa shape index (κ2) is 8.29. The fourth-order valence-electron chi connectivity index (χ4n) is 1.68. The summed E-state index contributed by atoms with van der Waals surface area (Å²) in [6.07, 6.45) is -0.849. The molecular formula is C14H17Cl3N2O4S. The number of ether oxygens (including phenoxy) is 1. The van der Waals surface area contributed by atoms with Gasteiger partial charge in [-0.1, -0.05) is 48.3 Å². The lowest BCUT2D eigenvalue weighted by Crippen LogP contribution is -2.49. The van der Waals surface area contributed by atoms with Gasteiger partial charge in [-0.3, -0.25) is 4.79 Å². The molecule has 24 heavy (non-hydrogen) atoms. The predicted molar refractivity (Wildman–Crippen MR) is 96.5 cm³/mol. The van der Waals surface area contributed by atoms with Crippen LogP contribution < -0.4 is 15.4 Å². The summed E-state index contributed by atoms with van der Waals surface area (Å²) in [6.45, 7) is 4.92. The van der Waals surface area contributed by atoms with Gasteiger partial charge in [0.2, 0.25) is 9.70 Å². The van der Waals surface area contributed by atoms with Crippen LogP contribution in [0, 0.1) is 0 Å². The highest BCUT2D eigenvalue weighted by molar-refractivity contribution is 7.94. The van der Waals surface area contributed by atoms with Gasteiger partial charge in [-0.15, -0.1) is 0 Å². The molecular weight excluding hydrogens is 399 g/mol. The van der Waals surface area contributed by atoms with Crippen molar-refractivity contribution >= 4 is 56.2 Å². The molecule has 134 valence electrons. The van der Waals surface area contributed by atoms with Gasteiger partial charge in [-0.25, -0.2) is 8.42 Å². The van der Waals surface area contributed by atoms with Gasteiger partial charge in [0.25, 0.3) is 0 Å². The molecule has 0 saturated heterocycles.